The standard InChI is InChI=1S/C17H26N2O4S/c1-5-17(20)18-9-6-10-19(12-11-18)24(21,22)16-8-7-15(23-4)13(2)14(16)3/h7-8H,5-6,9-12H2,1-4H3. The van der Waals surface area contributed by atoms with Crippen molar-refractivity contribution in [1.29, 1.82) is 0 Å². The van der Waals surface area contributed by atoms with E-state index in [-0.39, 0.29) is 5.91 Å². The van der Waals surface area contributed by atoms with Crippen LogP contribution in [0.4, 0.5) is 0 Å². The first-order valence-corrected chi connectivity index (χ1v) is 9.69. The Labute approximate surface area is 144 Å². The molecule has 2 rings (SSSR count). The number of carbonyl (C=O) groups is 1. The minimum absolute atomic E-state index is 0.0747. The molecule has 0 aliphatic carbocycles. The summed E-state index contributed by atoms with van der Waals surface area (Å²) in [7, 11) is -2.01. The lowest BCUT2D eigenvalue weighted by Gasteiger charge is -2.23. The van der Waals surface area contributed by atoms with E-state index >= 15 is 0 Å². The van der Waals surface area contributed by atoms with Gasteiger partial charge < -0.3 is 9.64 Å². The van der Waals surface area contributed by atoms with Crippen molar-refractivity contribution in [1.82, 2.24) is 9.21 Å². The zero-order valence-electron chi connectivity index (χ0n) is 14.8. The van der Waals surface area contributed by atoms with Crippen molar-refractivity contribution in [2.45, 2.75) is 38.5 Å². The van der Waals surface area contributed by atoms with Crippen molar-refractivity contribution in [3.63, 3.8) is 0 Å². The summed E-state index contributed by atoms with van der Waals surface area (Å²) in [5.41, 5.74) is 1.54. The molecule has 1 aromatic carbocycles. The minimum atomic E-state index is -3.58. The molecule has 0 bridgehead atoms. The average molecular weight is 354 g/mol. The molecule has 0 spiro atoms. The highest BCUT2D eigenvalue weighted by Gasteiger charge is 2.29. The highest BCUT2D eigenvalue weighted by Crippen LogP contribution is 2.29. The maximum Gasteiger partial charge on any atom is 0.243 e. The van der Waals surface area contributed by atoms with Crippen LogP contribution in [-0.2, 0) is 14.8 Å². The topological polar surface area (TPSA) is 66.9 Å². The van der Waals surface area contributed by atoms with E-state index in [1.165, 1.54) is 4.31 Å². The lowest BCUT2D eigenvalue weighted by molar-refractivity contribution is -0.130. The van der Waals surface area contributed by atoms with E-state index in [0.717, 1.165) is 5.56 Å². The first kappa shape index (κ1) is 18.7. The second-order valence-corrected chi connectivity index (χ2v) is 7.91. The molecule has 6 nitrogen and oxygen atoms in total. The summed E-state index contributed by atoms with van der Waals surface area (Å²) >= 11 is 0. The zero-order valence-corrected chi connectivity index (χ0v) is 15.6. The van der Waals surface area contributed by atoms with Gasteiger partial charge in [-0.15, -0.1) is 0 Å². The number of amides is 1. The van der Waals surface area contributed by atoms with Crippen molar-refractivity contribution < 1.29 is 17.9 Å². The van der Waals surface area contributed by atoms with E-state index in [0.29, 0.717) is 55.2 Å². The van der Waals surface area contributed by atoms with Crippen LogP contribution in [0, 0.1) is 13.8 Å². The fourth-order valence-corrected chi connectivity index (χ4v) is 4.77. The van der Waals surface area contributed by atoms with Crippen LogP contribution >= 0.6 is 0 Å². The fourth-order valence-electron chi connectivity index (χ4n) is 3.02. The van der Waals surface area contributed by atoms with Crippen LogP contribution in [-0.4, -0.2) is 56.8 Å². The number of rotatable bonds is 4. The monoisotopic (exact) mass is 354 g/mol. The molecule has 1 saturated heterocycles. The Kier molecular flexibility index (Phi) is 5.87. The quantitative estimate of drug-likeness (QED) is 0.829. The zero-order chi connectivity index (χ0) is 17.9. The first-order valence-electron chi connectivity index (χ1n) is 8.25. The third-order valence-electron chi connectivity index (χ3n) is 4.64. The second kappa shape index (κ2) is 7.53. The molecule has 24 heavy (non-hydrogen) atoms. The molecular formula is C17H26N2O4S. The lowest BCUT2D eigenvalue weighted by atomic mass is 10.1. The van der Waals surface area contributed by atoms with Crippen molar-refractivity contribution >= 4 is 15.9 Å². The van der Waals surface area contributed by atoms with Crippen LogP contribution in [0.2, 0.25) is 0 Å². The predicted molar refractivity (Wildman–Crippen MR) is 92.7 cm³/mol. The van der Waals surface area contributed by atoms with Crippen LogP contribution in [0.5, 0.6) is 5.75 Å². The van der Waals surface area contributed by atoms with Gasteiger partial charge in [-0.2, -0.15) is 4.31 Å². The molecule has 0 N–H and O–H groups in total. The van der Waals surface area contributed by atoms with Gasteiger partial charge in [0, 0.05) is 32.6 Å². The molecule has 0 saturated carbocycles. The minimum Gasteiger partial charge on any atom is -0.496 e. The number of methoxy groups -OCH3 is 1. The summed E-state index contributed by atoms with van der Waals surface area (Å²) in [4.78, 5) is 13.9. The van der Waals surface area contributed by atoms with Gasteiger partial charge in [-0.3, -0.25) is 4.79 Å². The molecule has 1 fully saturated rings. The highest BCUT2D eigenvalue weighted by atomic mass is 32.2. The lowest BCUT2D eigenvalue weighted by Crippen LogP contribution is -2.37. The number of hydrogen-bond donors (Lipinski definition) is 0. The van der Waals surface area contributed by atoms with Crippen molar-refractivity contribution in [3.8, 4) is 5.75 Å². The predicted octanol–water partition coefficient (Wildman–Crippen LogP) is 1.95. The smallest absolute Gasteiger partial charge is 0.243 e. The van der Waals surface area contributed by atoms with Crippen LogP contribution < -0.4 is 4.74 Å². The Morgan fingerprint density at radius 2 is 1.83 bits per heavy atom. The van der Waals surface area contributed by atoms with Crippen LogP contribution in [0.25, 0.3) is 0 Å². The summed E-state index contributed by atoms with van der Waals surface area (Å²) in [6, 6.07) is 3.30. The SMILES string of the molecule is CCC(=O)N1CCCN(S(=O)(=O)c2ccc(OC)c(C)c2C)CC1. The molecule has 0 radical (unpaired) electrons. The van der Waals surface area contributed by atoms with E-state index in [4.69, 9.17) is 4.74 Å². The summed E-state index contributed by atoms with van der Waals surface area (Å²) in [6.07, 6.45) is 1.10. The van der Waals surface area contributed by atoms with Gasteiger partial charge in [0.1, 0.15) is 5.75 Å². The number of ether oxygens (including phenoxy) is 1. The van der Waals surface area contributed by atoms with Crippen molar-refractivity contribution in [2.24, 2.45) is 0 Å². The van der Waals surface area contributed by atoms with E-state index in [9.17, 15) is 13.2 Å². The van der Waals surface area contributed by atoms with Gasteiger partial charge in [-0.25, -0.2) is 8.42 Å². The Hall–Kier alpha value is -1.60. The van der Waals surface area contributed by atoms with Gasteiger partial charge in [0.05, 0.1) is 12.0 Å². The Morgan fingerprint density at radius 1 is 1.12 bits per heavy atom. The van der Waals surface area contributed by atoms with Gasteiger partial charge in [0.2, 0.25) is 15.9 Å². The van der Waals surface area contributed by atoms with E-state index in [1.54, 1.807) is 31.1 Å². The molecule has 7 heteroatoms. The number of sulfonamides is 1. The highest BCUT2D eigenvalue weighted by molar-refractivity contribution is 7.89. The second-order valence-electron chi connectivity index (χ2n) is 6.01. The number of benzene rings is 1. The van der Waals surface area contributed by atoms with E-state index in [1.807, 2.05) is 13.8 Å². The molecule has 0 unspecified atom stereocenters. The average Bonchev–Trinajstić information content (AvgIpc) is 2.83. The van der Waals surface area contributed by atoms with Crippen molar-refractivity contribution in [2.75, 3.05) is 33.3 Å². The van der Waals surface area contributed by atoms with Gasteiger partial charge in [0.25, 0.3) is 0 Å². The first-order chi connectivity index (χ1) is 11.3. The Bertz CT molecular complexity index is 716. The summed E-state index contributed by atoms with van der Waals surface area (Å²) < 4.78 is 32.8. The number of carbonyl (C=O) groups excluding carboxylic acids is 1. The Balaban J connectivity index is 2.28. The van der Waals surface area contributed by atoms with E-state index in [2.05, 4.69) is 0 Å². The molecular weight excluding hydrogens is 328 g/mol. The molecule has 0 aromatic heterocycles. The van der Waals surface area contributed by atoms with Crippen LogP contribution in [0.3, 0.4) is 0 Å². The normalized spacial score (nSPS) is 16.8. The largest absolute Gasteiger partial charge is 0.496 e. The molecule has 1 heterocycles. The third-order valence-corrected chi connectivity index (χ3v) is 6.68. The summed E-state index contributed by atoms with van der Waals surface area (Å²) in [6.45, 7) is 7.30. The molecule has 1 aromatic rings. The van der Waals surface area contributed by atoms with Gasteiger partial charge >= 0.3 is 0 Å². The molecule has 134 valence electrons. The fraction of sp³-hybridized carbons (Fsp3) is 0.588. The van der Waals surface area contributed by atoms with E-state index < -0.39 is 10.0 Å². The molecule has 1 aliphatic heterocycles. The van der Waals surface area contributed by atoms with Crippen molar-refractivity contribution in [3.05, 3.63) is 23.3 Å². The van der Waals surface area contributed by atoms with Crippen LogP contribution in [0.15, 0.2) is 17.0 Å². The van der Waals surface area contributed by atoms with Gasteiger partial charge in [-0.1, -0.05) is 6.92 Å². The third kappa shape index (κ3) is 3.57. The molecule has 1 amide bonds. The van der Waals surface area contributed by atoms with Gasteiger partial charge in [0.15, 0.2) is 0 Å². The maximum absolute atomic E-state index is 13.0. The number of hydrogen-bond acceptors (Lipinski definition) is 4. The maximum atomic E-state index is 13.0. The Morgan fingerprint density at radius 3 is 2.46 bits per heavy atom. The molecule has 0 atom stereocenters. The van der Waals surface area contributed by atoms with Gasteiger partial charge in [-0.05, 0) is 43.5 Å². The summed E-state index contributed by atoms with van der Waals surface area (Å²) in [5, 5.41) is 0. The van der Waals surface area contributed by atoms with Crippen LogP contribution in [0.1, 0.15) is 30.9 Å². The molecule has 1 aliphatic rings. The number of nitrogens with zero attached hydrogens (tertiary/aromatic N) is 2. The summed E-state index contributed by atoms with van der Waals surface area (Å²) in [5.74, 6) is 0.757.